The fourth-order valence-corrected chi connectivity index (χ4v) is 3.87. The summed E-state index contributed by atoms with van der Waals surface area (Å²) in [5, 5.41) is 3.36. The van der Waals surface area contributed by atoms with E-state index in [1.807, 2.05) is 18.2 Å². The van der Waals surface area contributed by atoms with Gasteiger partial charge in [0.1, 0.15) is 0 Å². The second kappa shape index (κ2) is 10.1. The molecule has 3 rings (SSSR count). The number of piperazine rings is 1. The third-order valence-corrected chi connectivity index (χ3v) is 5.37. The van der Waals surface area contributed by atoms with Crippen LogP contribution in [-0.2, 0) is 0 Å². The first-order valence-electron chi connectivity index (χ1n) is 10.1. The van der Waals surface area contributed by atoms with Crippen molar-refractivity contribution >= 4 is 12.0 Å². The Labute approximate surface area is 170 Å². The van der Waals surface area contributed by atoms with Gasteiger partial charge in [0, 0.05) is 58.9 Å². The number of alkyl halides is 3. The number of guanidine groups is 1. The zero-order chi connectivity index (χ0) is 20.7. The van der Waals surface area contributed by atoms with Gasteiger partial charge in [-0.05, 0) is 12.0 Å². The summed E-state index contributed by atoms with van der Waals surface area (Å²) in [5.74, 6) is 0.795. The molecule has 0 aliphatic carbocycles. The van der Waals surface area contributed by atoms with Crippen LogP contribution in [0, 0.1) is 0 Å². The lowest BCUT2D eigenvalue weighted by atomic mass is 10.2. The smallest absolute Gasteiger partial charge is 0.352 e. The van der Waals surface area contributed by atoms with Crippen molar-refractivity contribution in [2.24, 2.45) is 4.99 Å². The molecule has 1 atom stereocenters. The van der Waals surface area contributed by atoms with Crippen molar-refractivity contribution in [3.63, 3.8) is 0 Å². The van der Waals surface area contributed by atoms with E-state index >= 15 is 0 Å². The highest BCUT2D eigenvalue weighted by molar-refractivity contribution is 5.80. The Morgan fingerprint density at radius 1 is 1.10 bits per heavy atom. The van der Waals surface area contributed by atoms with Crippen LogP contribution in [0.5, 0.6) is 0 Å². The molecular weight excluding hydrogens is 379 g/mol. The molecule has 0 aromatic heterocycles. The van der Waals surface area contributed by atoms with Crippen LogP contribution in [0.2, 0.25) is 0 Å². The van der Waals surface area contributed by atoms with Crippen LogP contribution in [0.25, 0.3) is 6.08 Å². The SMILES string of the molecule is CN=C(NC1CCN(CC(F)(F)F)C1)N1CCN(C/C=C/c2ccccc2)CC1. The third kappa shape index (κ3) is 7.04. The largest absolute Gasteiger partial charge is 0.401 e. The number of likely N-dealkylation sites (tertiary alicyclic amines) is 1. The van der Waals surface area contributed by atoms with Crippen LogP contribution in [0.4, 0.5) is 13.2 Å². The first kappa shape index (κ1) is 21.6. The maximum atomic E-state index is 12.6. The second-order valence-electron chi connectivity index (χ2n) is 7.63. The van der Waals surface area contributed by atoms with Gasteiger partial charge in [-0.3, -0.25) is 14.8 Å². The van der Waals surface area contributed by atoms with Gasteiger partial charge in [0.15, 0.2) is 5.96 Å². The standard InChI is InChI=1S/C21H30F3N5/c1-25-20(26-19-9-11-28(16-19)17-21(22,23)24)29-14-12-27(13-15-29)10-5-8-18-6-3-2-4-7-18/h2-8,19H,9-17H2,1H3,(H,25,26)/b8-5+. The first-order chi connectivity index (χ1) is 13.9. The van der Waals surface area contributed by atoms with E-state index in [1.54, 1.807) is 7.05 Å². The lowest BCUT2D eigenvalue weighted by molar-refractivity contribution is -0.143. The van der Waals surface area contributed by atoms with Gasteiger partial charge in [-0.2, -0.15) is 13.2 Å². The Balaban J connectivity index is 1.40. The lowest BCUT2D eigenvalue weighted by Gasteiger charge is -2.36. The predicted molar refractivity (Wildman–Crippen MR) is 111 cm³/mol. The molecule has 2 fully saturated rings. The number of hydrogen-bond acceptors (Lipinski definition) is 3. The quantitative estimate of drug-likeness (QED) is 0.599. The van der Waals surface area contributed by atoms with E-state index < -0.39 is 12.7 Å². The Morgan fingerprint density at radius 2 is 1.83 bits per heavy atom. The Bertz CT molecular complexity index is 681. The van der Waals surface area contributed by atoms with Crippen LogP contribution < -0.4 is 5.32 Å². The second-order valence-corrected chi connectivity index (χ2v) is 7.63. The molecular formula is C21H30F3N5. The van der Waals surface area contributed by atoms with Gasteiger partial charge < -0.3 is 10.2 Å². The van der Waals surface area contributed by atoms with Crippen LogP contribution in [-0.4, -0.2) is 92.3 Å². The number of nitrogens with zero attached hydrogens (tertiary/aromatic N) is 4. The molecule has 2 heterocycles. The summed E-state index contributed by atoms with van der Waals surface area (Å²) in [7, 11) is 1.74. The molecule has 1 unspecified atom stereocenters. The number of halogens is 3. The van der Waals surface area contributed by atoms with Crippen molar-refractivity contribution < 1.29 is 13.2 Å². The number of hydrogen-bond donors (Lipinski definition) is 1. The minimum absolute atomic E-state index is 0.0166. The molecule has 2 aliphatic rings. The van der Waals surface area contributed by atoms with E-state index in [0.717, 1.165) is 38.7 Å². The van der Waals surface area contributed by atoms with Crippen LogP contribution in [0.15, 0.2) is 41.4 Å². The Hall–Kier alpha value is -2.06. The van der Waals surface area contributed by atoms with Crippen molar-refractivity contribution in [2.75, 3.05) is 59.4 Å². The van der Waals surface area contributed by atoms with E-state index in [4.69, 9.17) is 0 Å². The minimum atomic E-state index is -4.14. The van der Waals surface area contributed by atoms with Crippen LogP contribution >= 0.6 is 0 Å². The van der Waals surface area contributed by atoms with Gasteiger partial charge in [0.05, 0.1) is 6.54 Å². The predicted octanol–water partition coefficient (Wildman–Crippen LogP) is 2.53. The molecule has 0 bridgehead atoms. The number of rotatable bonds is 5. The summed E-state index contributed by atoms with van der Waals surface area (Å²) in [4.78, 5) is 10.4. The average Bonchev–Trinajstić information content (AvgIpc) is 3.13. The van der Waals surface area contributed by atoms with Crippen LogP contribution in [0.1, 0.15) is 12.0 Å². The number of benzene rings is 1. The summed E-state index contributed by atoms with van der Waals surface area (Å²) in [6, 6.07) is 10.3. The first-order valence-corrected chi connectivity index (χ1v) is 10.1. The number of aliphatic imine (C=N–C) groups is 1. The maximum absolute atomic E-state index is 12.6. The minimum Gasteiger partial charge on any atom is -0.352 e. The van der Waals surface area contributed by atoms with Crippen molar-refractivity contribution in [3.8, 4) is 0 Å². The molecule has 5 nitrogen and oxygen atoms in total. The molecule has 1 N–H and O–H groups in total. The van der Waals surface area contributed by atoms with E-state index in [-0.39, 0.29) is 6.04 Å². The van der Waals surface area contributed by atoms with Gasteiger partial charge in [0.25, 0.3) is 0 Å². The molecule has 0 radical (unpaired) electrons. The van der Waals surface area contributed by atoms with Crippen molar-refractivity contribution in [1.82, 2.24) is 20.0 Å². The van der Waals surface area contributed by atoms with E-state index in [2.05, 4.69) is 44.4 Å². The van der Waals surface area contributed by atoms with Crippen LogP contribution in [0.3, 0.4) is 0 Å². The van der Waals surface area contributed by atoms with Crippen molar-refractivity contribution in [2.45, 2.75) is 18.6 Å². The van der Waals surface area contributed by atoms with Gasteiger partial charge in [-0.1, -0.05) is 42.5 Å². The normalized spacial score (nSPS) is 22.6. The highest BCUT2D eigenvalue weighted by Gasteiger charge is 2.35. The molecule has 2 saturated heterocycles. The van der Waals surface area contributed by atoms with Crippen molar-refractivity contribution in [1.29, 1.82) is 0 Å². The number of nitrogens with one attached hydrogen (secondary N) is 1. The average molecular weight is 410 g/mol. The van der Waals surface area contributed by atoms with Gasteiger partial charge in [-0.15, -0.1) is 0 Å². The summed E-state index contributed by atoms with van der Waals surface area (Å²) in [6.07, 6.45) is 0.896. The monoisotopic (exact) mass is 409 g/mol. The highest BCUT2D eigenvalue weighted by atomic mass is 19.4. The zero-order valence-corrected chi connectivity index (χ0v) is 16.9. The van der Waals surface area contributed by atoms with Gasteiger partial charge in [-0.25, -0.2) is 0 Å². The Morgan fingerprint density at radius 3 is 2.48 bits per heavy atom. The zero-order valence-electron chi connectivity index (χ0n) is 16.9. The molecule has 160 valence electrons. The van der Waals surface area contributed by atoms with Gasteiger partial charge in [0.2, 0.25) is 0 Å². The highest BCUT2D eigenvalue weighted by Crippen LogP contribution is 2.20. The summed E-state index contributed by atoms with van der Waals surface area (Å²) in [6.45, 7) is 4.53. The van der Waals surface area contributed by atoms with Crippen molar-refractivity contribution in [3.05, 3.63) is 42.0 Å². The molecule has 2 aliphatic heterocycles. The molecule has 29 heavy (non-hydrogen) atoms. The fourth-order valence-electron chi connectivity index (χ4n) is 3.87. The summed E-state index contributed by atoms with van der Waals surface area (Å²) < 4.78 is 37.7. The molecule has 8 heteroatoms. The maximum Gasteiger partial charge on any atom is 0.401 e. The summed E-state index contributed by atoms with van der Waals surface area (Å²) >= 11 is 0. The van der Waals surface area contributed by atoms with E-state index in [0.29, 0.717) is 19.5 Å². The van der Waals surface area contributed by atoms with E-state index in [1.165, 1.54) is 10.5 Å². The lowest BCUT2D eigenvalue weighted by Crippen LogP contribution is -2.54. The fraction of sp³-hybridized carbons (Fsp3) is 0.571. The third-order valence-electron chi connectivity index (χ3n) is 5.37. The Kier molecular flexibility index (Phi) is 7.55. The molecule has 1 aromatic carbocycles. The molecule has 0 saturated carbocycles. The molecule has 1 aromatic rings. The molecule has 0 spiro atoms. The topological polar surface area (TPSA) is 34.1 Å². The van der Waals surface area contributed by atoms with E-state index in [9.17, 15) is 13.2 Å². The van der Waals surface area contributed by atoms with Gasteiger partial charge >= 0.3 is 6.18 Å². The molecule has 0 amide bonds. The summed E-state index contributed by atoms with van der Waals surface area (Å²) in [5.41, 5.74) is 1.20.